The Hall–Kier alpha value is -1.64. The number of nitrogens with one attached hydrogen (secondary N) is 1. The molecule has 1 atom stereocenters. The van der Waals surface area contributed by atoms with Crippen LogP contribution in [0.3, 0.4) is 0 Å². The van der Waals surface area contributed by atoms with Crippen molar-refractivity contribution in [2.75, 3.05) is 18.4 Å². The van der Waals surface area contributed by atoms with Crippen molar-refractivity contribution in [3.05, 3.63) is 23.2 Å². The van der Waals surface area contributed by atoms with Crippen LogP contribution in [-0.4, -0.2) is 43.8 Å². The van der Waals surface area contributed by atoms with Crippen LogP contribution < -0.4 is 5.32 Å². The van der Waals surface area contributed by atoms with Gasteiger partial charge in [0.2, 0.25) is 10.0 Å². The van der Waals surface area contributed by atoms with Gasteiger partial charge in [-0.15, -0.1) is 0 Å². The average molecular weight is 417 g/mol. The number of carbonyl (C=O) groups is 2. The van der Waals surface area contributed by atoms with Gasteiger partial charge in [-0.3, -0.25) is 9.59 Å². The van der Waals surface area contributed by atoms with E-state index in [-0.39, 0.29) is 21.5 Å². The van der Waals surface area contributed by atoms with E-state index < -0.39 is 28.0 Å². The molecule has 0 radical (unpaired) electrons. The van der Waals surface area contributed by atoms with Gasteiger partial charge in [0, 0.05) is 13.1 Å². The first-order chi connectivity index (χ1) is 12.6. The summed E-state index contributed by atoms with van der Waals surface area (Å²) in [7, 11) is -3.65. The zero-order valence-electron chi connectivity index (χ0n) is 15.7. The molecule has 1 heterocycles. The van der Waals surface area contributed by atoms with Crippen LogP contribution in [0.15, 0.2) is 23.1 Å². The van der Waals surface area contributed by atoms with Crippen LogP contribution in [0.1, 0.15) is 40.0 Å². The molecule has 1 aliphatic heterocycles. The second-order valence-electron chi connectivity index (χ2n) is 6.83. The molecule has 1 aromatic rings. The fourth-order valence-corrected chi connectivity index (χ4v) is 4.32. The van der Waals surface area contributed by atoms with Crippen molar-refractivity contribution in [2.24, 2.45) is 5.92 Å². The highest BCUT2D eigenvalue weighted by atomic mass is 35.5. The Labute approximate surface area is 165 Å². The lowest BCUT2D eigenvalue weighted by molar-refractivity contribution is -0.156. The summed E-state index contributed by atoms with van der Waals surface area (Å²) in [5.41, 5.74) is 0.159. The van der Waals surface area contributed by atoms with Gasteiger partial charge in [-0.25, -0.2) is 8.42 Å². The number of amides is 1. The summed E-state index contributed by atoms with van der Waals surface area (Å²) < 4.78 is 32.1. The summed E-state index contributed by atoms with van der Waals surface area (Å²) in [6.07, 6.45) is 1.64. The molecule has 7 nitrogen and oxygen atoms in total. The molecule has 1 saturated heterocycles. The minimum atomic E-state index is -3.65. The van der Waals surface area contributed by atoms with Gasteiger partial charge in [0.25, 0.3) is 5.91 Å². The molecule has 1 amide bonds. The number of nitrogens with zero attached hydrogens (tertiary/aromatic N) is 1. The van der Waals surface area contributed by atoms with E-state index in [1.165, 1.54) is 29.4 Å². The van der Waals surface area contributed by atoms with Crippen molar-refractivity contribution in [3.8, 4) is 0 Å². The number of carbonyl (C=O) groups excluding carboxylic acids is 2. The summed E-state index contributed by atoms with van der Waals surface area (Å²) in [4.78, 5) is 24.0. The Morgan fingerprint density at radius 3 is 2.37 bits per heavy atom. The van der Waals surface area contributed by atoms with E-state index in [4.69, 9.17) is 16.3 Å². The molecule has 1 aromatic carbocycles. The Morgan fingerprint density at radius 1 is 1.15 bits per heavy atom. The molecule has 1 N–H and O–H groups in total. The summed E-state index contributed by atoms with van der Waals surface area (Å²) in [5, 5.41) is 2.74. The van der Waals surface area contributed by atoms with E-state index >= 15 is 0 Å². The Balaban J connectivity index is 2.17. The largest absolute Gasteiger partial charge is 0.452 e. The van der Waals surface area contributed by atoms with Crippen molar-refractivity contribution in [1.82, 2.24) is 4.31 Å². The van der Waals surface area contributed by atoms with Gasteiger partial charge >= 0.3 is 5.97 Å². The molecule has 0 saturated carbocycles. The van der Waals surface area contributed by atoms with Crippen molar-refractivity contribution in [3.63, 3.8) is 0 Å². The number of esters is 1. The highest BCUT2D eigenvalue weighted by Gasteiger charge is 2.27. The van der Waals surface area contributed by atoms with Crippen LogP contribution in [-0.2, 0) is 24.3 Å². The third-order valence-electron chi connectivity index (χ3n) is 4.28. The summed E-state index contributed by atoms with van der Waals surface area (Å²) in [5.74, 6) is -1.44. The number of benzene rings is 1. The van der Waals surface area contributed by atoms with Gasteiger partial charge in [0.1, 0.15) is 0 Å². The molecule has 9 heteroatoms. The highest BCUT2D eigenvalue weighted by Crippen LogP contribution is 2.28. The number of sulfonamides is 1. The lowest BCUT2D eigenvalue weighted by atomic mass is 10.2. The topological polar surface area (TPSA) is 92.8 Å². The van der Waals surface area contributed by atoms with Crippen LogP contribution in [0.4, 0.5) is 5.69 Å². The molecule has 27 heavy (non-hydrogen) atoms. The van der Waals surface area contributed by atoms with Gasteiger partial charge in [-0.2, -0.15) is 4.31 Å². The second kappa shape index (κ2) is 9.03. The molecule has 0 bridgehead atoms. The molecule has 1 fully saturated rings. The first-order valence-corrected chi connectivity index (χ1v) is 10.8. The molecule has 0 spiro atoms. The lowest BCUT2D eigenvalue weighted by Crippen LogP contribution is -2.35. The number of piperidine rings is 1. The molecule has 0 aromatic heterocycles. The summed E-state index contributed by atoms with van der Waals surface area (Å²) >= 11 is 6.11. The van der Waals surface area contributed by atoms with Crippen molar-refractivity contribution in [1.29, 1.82) is 0 Å². The second-order valence-corrected chi connectivity index (χ2v) is 9.17. The molecule has 0 unspecified atom stereocenters. The van der Waals surface area contributed by atoms with E-state index in [0.29, 0.717) is 13.1 Å². The van der Waals surface area contributed by atoms with Crippen LogP contribution in [0, 0.1) is 5.92 Å². The minimum Gasteiger partial charge on any atom is -0.452 e. The first-order valence-electron chi connectivity index (χ1n) is 8.94. The van der Waals surface area contributed by atoms with Gasteiger partial charge in [-0.1, -0.05) is 31.9 Å². The Kier molecular flexibility index (Phi) is 7.25. The molecule has 2 rings (SSSR count). The van der Waals surface area contributed by atoms with Crippen LogP contribution in [0.5, 0.6) is 0 Å². The number of hydrogen-bond acceptors (Lipinski definition) is 5. The highest BCUT2D eigenvalue weighted by molar-refractivity contribution is 7.89. The standard InChI is InChI=1S/C18H25ClN2O5S/c1-12(2)18(23)26-13(3)17(22)20-16-11-14(7-8-15(16)19)27(24,25)21-9-5-4-6-10-21/h7-8,11-13H,4-6,9-10H2,1-3H3,(H,20,22)/t13-/m1/s1. The fourth-order valence-electron chi connectivity index (χ4n) is 2.61. The number of hydrogen-bond donors (Lipinski definition) is 1. The van der Waals surface area contributed by atoms with Crippen molar-refractivity contribution >= 4 is 39.2 Å². The van der Waals surface area contributed by atoms with E-state index in [0.717, 1.165) is 19.3 Å². The number of halogens is 1. The zero-order chi connectivity index (χ0) is 20.2. The third kappa shape index (κ3) is 5.43. The molecule has 150 valence electrons. The quantitative estimate of drug-likeness (QED) is 0.719. The Bertz CT molecular complexity index is 804. The van der Waals surface area contributed by atoms with Gasteiger partial charge in [0.05, 0.1) is 21.5 Å². The molecular formula is C18H25ClN2O5S. The lowest BCUT2D eigenvalue weighted by Gasteiger charge is -2.26. The van der Waals surface area contributed by atoms with Crippen LogP contribution >= 0.6 is 11.6 Å². The number of anilines is 1. The zero-order valence-corrected chi connectivity index (χ0v) is 17.3. The number of rotatable bonds is 6. The fraction of sp³-hybridized carbons (Fsp3) is 0.556. The maximum Gasteiger partial charge on any atom is 0.309 e. The predicted octanol–water partition coefficient (Wildman–Crippen LogP) is 3.04. The third-order valence-corrected chi connectivity index (χ3v) is 6.51. The SMILES string of the molecule is CC(C)C(=O)O[C@H](C)C(=O)Nc1cc(S(=O)(=O)N2CCCCC2)ccc1Cl. The maximum absolute atomic E-state index is 12.8. The van der Waals surface area contributed by atoms with Crippen LogP contribution in [0.25, 0.3) is 0 Å². The molecular weight excluding hydrogens is 392 g/mol. The monoisotopic (exact) mass is 416 g/mol. The van der Waals surface area contributed by atoms with E-state index in [1.54, 1.807) is 13.8 Å². The molecule has 1 aliphatic rings. The normalized spacial score (nSPS) is 16.8. The van der Waals surface area contributed by atoms with E-state index in [1.807, 2.05) is 0 Å². The molecule has 0 aliphatic carbocycles. The number of ether oxygens (including phenoxy) is 1. The van der Waals surface area contributed by atoms with Crippen molar-refractivity contribution in [2.45, 2.75) is 51.0 Å². The van der Waals surface area contributed by atoms with Gasteiger partial charge < -0.3 is 10.1 Å². The Morgan fingerprint density at radius 2 is 1.78 bits per heavy atom. The smallest absolute Gasteiger partial charge is 0.309 e. The van der Waals surface area contributed by atoms with Crippen LogP contribution in [0.2, 0.25) is 5.02 Å². The van der Waals surface area contributed by atoms with E-state index in [9.17, 15) is 18.0 Å². The first kappa shape index (κ1) is 21.7. The van der Waals surface area contributed by atoms with Gasteiger partial charge in [0.15, 0.2) is 6.10 Å². The van der Waals surface area contributed by atoms with E-state index in [2.05, 4.69) is 5.32 Å². The average Bonchev–Trinajstić information content (AvgIpc) is 2.63. The predicted molar refractivity (Wildman–Crippen MR) is 103 cm³/mol. The van der Waals surface area contributed by atoms with Gasteiger partial charge in [-0.05, 0) is 38.0 Å². The summed E-state index contributed by atoms with van der Waals surface area (Å²) in [6.45, 7) is 5.74. The minimum absolute atomic E-state index is 0.0657. The van der Waals surface area contributed by atoms with Crippen molar-refractivity contribution < 1.29 is 22.7 Å². The summed E-state index contributed by atoms with van der Waals surface area (Å²) in [6, 6.07) is 4.18. The maximum atomic E-state index is 12.8.